The van der Waals surface area contributed by atoms with E-state index in [0.29, 0.717) is 6.42 Å². The van der Waals surface area contributed by atoms with Crippen molar-refractivity contribution in [1.29, 1.82) is 0 Å². The van der Waals surface area contributed by atoms with Crippen molar-refractivity contribution < 1.29 is 14.6 Å². The lowest BCUT2D eigenvalue weighted by Gasteiger charge is -2.15. The summed E-state index contributed by atoms with van der Waals surface area (Å²) >= 11 is 0. The van der Waals surface area contributed by atoms with Crippen LogP contribution in [0, 0.1) is 0 Å². The molecule has 2 atom stereocenters. The summed E-state index contributed by atoms with van der Waals surface area (Å²) in [6.45, 7) is 2.18. The van der Waals surface area contributed by atoms with Crippen LogP contribution in [0.2, 0.25) is 0 Å². The summed E-state index contributed by atoms with van der Waals surface area (Å²) < 4.78 is 4.90. The number of esters is 1. The summed E-state index contributed by atoms with van der Waals surface area (Å²) in [4.78, 5) is 10.8. The standard InChI is InChI=1S/C12H20O3/c1-2-3-4-5-6-7-10(13)11-8-9-12(14)15-11/h8-11,13H,2-7H2,1H3/t10-,11+/m1/s1. The molecule has 0 aromatic carbocycles. The van der Waals surface area contributed by atoms with Gasteiger partial charge in [-0.05, 0) is 12.5 Å². The maximum atomic E-state index is 10.8. The molecule has 1 rings (SSSR count). The molecule has 0 spiro atoms. The fourth-order valence-corrected chi connectivity index (χ4v) is 1.71. The lowest BCUT2D eigenvalue weighted by Crippen LogP contribution is -2.25. The summed E-state index contributed by atoms with van der Waals surface area (Å²) in [6.07, 6.45) is 8.65. The molecule has 0 saturated carbocycles. The fraction of sp³-hybridized carbons (Fsp3) is 0.750. The zero-order valence-corrected chi connectivity index (χ0v) is 9.32. The molecule has 0 amide bonds. The molecule has 1 heterocycles. The number of hydrogen-bond donors (Lipinski definition) is 1. The summed E-state index contributed by atoms with van der Waals surface area (Å²) in [7, 11) is 0. The summed E-state index contributed by atoms with van der Waals surface area (Å²) in [5, 5.41) is 9.69. The predicted octanol–water partition coefficient (Wildman–Crippen LogP) is 2.19. The number of aliphatic hydroxyl groups excluding tert-OH is 1. The molecule has 86 valence electrons. The summed E-state index contributed by atoms with van der Waals surface area (Å²) in [5.41, 5.74) is 0. The summed E-state index contributed by atoms with van der Waals surface area (Å²) in [5.74, 6) is -0.343. The van der Waals surface area contributed by atoms with Gasteiger partial charge in [-0.15, -0.1) is 0 Å². The van der Waals surface area contributed by atoms with Gasteiger partial charge in [0.2, 0.25) is 0 Å². The Morgan fingerprint density at radius 3 is 2.73 bits per heavy atom. The number of hydrogen-bond acceptors (Lipinski definition) is 3. The van der Waals surface area contributed by atoms with Crippen molar-refractivity contribution in [2.24, 2.45) is 0 Å². The van der Waals surface area contributed by atoms with Crippen LogP contribution in [0.4, 0.5) is 0 Å². The lowest BCUT2D eigenvalue weighted by atomic mass is 10.0. The molecule has 1 aliphatic rings. The van der Waals surface area contributed by atoms with Crippen molar-refractivity contribution >= 4 is 5.97 Å². The largest absolute Gasteiger partial charge is 0.452 e. The highest BCUT2D eigenvalue weighted by Gasteiger charge is 2.23. The maximum absolute atomic E-state index is 10.8. The van der Waals surface area contributed by atoms with Crippen LogP contribution in [0.1, 0.15) is 45.4 Å². The average Bonchev–Trinajstić information content (AvgIpc) is 2.64. The first-order valence-electron chi connectivity index (χ1n) is 5.81. The molecule has 1 aliphatic heterocycles. The Hall–Kier alpha value is -0.830. The SMILES string of the molecule is CCCCCCC[C@@H](O)[C@@H]1C=CC(=O)O1. The number of carbonyl (C=O) groups excluding carboxylic acids is 1. The van der Waals surface area contributed by atoms with Crippen molar-refractivity contribution in [2.45, 2.75) is 57.7 Å². The third kappa shape index (κ3) is 4.47. The van der Waals surface area contributed by atoms with Gasteiger partial charge in [-0.1, -0.05) is 39.0 Å². The van der Waals surface area contributed by atoms with E-state index in [0.717, 1.165) is 12.8 Å². The number of cyclic esters (lactones) is 1. The van der Waals surface area contributed by atoms with Crippen LogP contribution in [0.3, 0.4) is 0 Å². The molecular weight excluding hydrogens is 192 g/mol. The Labute approximate surface area is 91.1 Å². The minimum atomic E-state index is -0.533. The van der Waals surface area contributed by atoms with Gasteiger partial charge < -0.3 is 9.84 Å². The molecule has 0 saturated heterocycles. The molecule has 0 bridgehead atoms. The molecule has 0 unspecified atom stereocenters. The van der Waals surface area contributed by atoms with E-state index in [4.69, 9.17) is 4.74 Å². The smallest absolute Gasteiger partial charge is 0.331 e. The van der Waals surface area contributed by atoms with E-state index in [9.17, 15) is 9.90 Å². The predicted molar refractivity (Wildman–Crippen MR) is 58.4 cm³/mol. The maximum Gasteiger partial charge on any atom is 0.331 e. The fourth-order valence-electron chi connectivity index (χ4n) is 1.71. The number of unbranched alkanes of at least 4 members (excludes halogenated alkanes) is 4. The summed E-state index contributed by atoms with van der Waals surface area (Å²) in [6, 6.07) is 0. The highest BCUT2D eigenvalue weighted by molar-refractivity contribution is 5.84. The minimum absolute atomic E-state index is 0.343. The minimum Gasteiger partial charge on any atom is -0.452 e. The Kier molecular flexibility index (Phi) is 5.40. The molecular formula is C12H20O3. The third-order valence-corrected chi connectivity index (χ3v) is 2.66. The van der Waals surface area contributed by atoms with E-state index in [1.54, 1.807) is 6.08 Å². The van der Waals surface area contributed by atoms with Gasteiger partial charge in [0.1, 0.15) is 6.10 Å². The normalized spacial score (nSPS) is 21.7. The van der Waals surface area contributed by atoms with Gasteiger partial charge in [-0.2, -0.15) is 0 Å². The Morgan fingerprint density at radius 1 is 1.40 bits per heavy atom. The zero-order valence-electron chi connectivity index (χ0n) is 9.32. The number of carbonyl (C=O) groups is 1. The molecule has 0 radical (unpaired) electrons. The van der Waals surface area contributed by atoms with E-state index >= 15 is 0 Å². The molecule has 0 aliphatic carbocycles. The van der Waals surface area contributed by atoms with Crippen molar-refractivity contribution in [1.82, 2.24) is 0 Å². The number of ether oxygens (including phenoxy) is 1. The first kappa shape index (κ1) is 12.2. The number of aliphatic hydroxyl groups is 1. The van der Waals surface area contributed by atoms with Crippen LogP contribution in [0.25, 0.3) is 0 Å². The molecule has 15 heavy (non-hydrogen) atoms. The van der Waals surface area contributed by atoms with Crippen LogP contribution in [0.15, 0.2) is 12.2 Å². The second-order valence-corrected chi connectivity index (χ2v) is 4.03. The molecule has 3 nitrogen and oxygen atoms in total. The highest BCUT2D eigenvalue weighted by atomic mass is 16.6. The van der Waals surface area contributed by atoms with Crippen molar-refractivity contribution in [3.05, 3.63) is 12.2 Å². The van der Waals surface area contributed by atoms with Crippen LogP contribution in [-0.2, 0) is 9.53 Å². The molecule has 0 aromatic heterocycles. The Morgan fingerprint density at radius 2 is 2.13 bits per heavy atom. The van der Waals surface area contributed by atoms with Gasteiger partial charge in [0, 0.05) is 6.08 Å². The van der Waals surface area contributed by atoms with E-state index < -0.39 is 12.2 Å². The lowest BCUT2D eigenvalue weighted by molar-refractivity contribution is -0.142. The Bertz CT molecular complexity index is 223. The van der Waals surface area contributed by atoms with E-state index in [1.165, 1.54) is 25.3 Å². The van der Waals surface area contributed by atoms with Crippen molar-refractivity contribution in [3.8, 4) is 0 Å². The van der Waals surface area contributed by atoms with Gasteiger partial charge in [0.05, 0.1) is 6.10 Å². The van der Waals surface area contributed by atoms with Crippen LogP contribution in [-0.4, -0.2) is 23.3 Å². The van der Waals surface area contributed by atoms with Gasteiger partial charge in [0.15, 0.2) is 0 Å². The van der Waals surface area contributed by atoms with Gasteiger partial charge in [-0.3, -0.25) is 0 Å². The van der Waals surface area contributed by atoms with E-state index in [1.807, 2.05) is 0 Å². The van der Waals surface area contributed by atoms with Gasteiger partial charge in [-0.25, -0.2) is 4.79 Å². The monoisotopic (exact) mass is 212 g/mol. The van der Waals surface area contributed by atoms with Crippen molar-refractivity contribution in [3.63, 3.8) is 0 Å². The van der Waals surface area contributed by atoms with Crippen molar-refractivity contribution in [2.75, 3.05) is 0 Å². The van der Waals surface area contributed by atoms with E-state index in [2.05, 4.69) is 6.92 Å². The van der Waals surface area contributed by atoms with E-state index in [-0.39, 0.29) is 5.97 Å². The molecule has 0 fully saturated rings. The first-order valence-corrected chi connectivity index (χ1v) is 5.81. The van der Waals surface area contributed by atoms with Crippen LogP contribution >= 0.6 is 0 Å². The van der Waals surface area contributed by atoms with Gasteiger partial charge >= 0.3 is 5.97 Å². The van der Waals surface area contributed by atoms with Gasteiger partial charge in [0.25, 0.3) is 0 Å². The van der Waals surface area contributed by atoms with Crippen LogP contribution in [0.5, 0.6) is 0 Å². The zero-order chi connectivity index (χ0) is 11.1. The highest BCUT2D eigenvalue weighted by Crippen LogP contribution is 2.15. The second kappa shape index (κ2) is 6.62. The molecule has 0 aromatic rings. The average molecular weight is 212 g/mol. The topological polar surface area (TPSA) is 46.5 Å². The Balaban J connectivity index is 2.06. The molecule has 3 heteroatoms. The van der Waals surface area contributed by atoms with Crippen LogP contribution < -0.4 is 0 Å². The number of rotatable bonds is 7. The quantitative estimate of drug-likeness (QED) is 0.520. The molecule has 1 N–H and O–H groups in total. The third-order valence-electron chi connectivity index (χ3n) is 2.66. The second-order valence-electron chi connectivity index (χ2n) is 4.03. The first-order chi connectivity index (χ1) is 7.24.